The number of aromatic nitrogens is 1. The van der Waals surface area contributed by atoms with Crippen molar-refractivity contribution in [2.75, 3.05) is 6.61 Å². The van der Waals surface area contributed by atoms with E-state index in [9.17, 15) is 19.8 Å². The Morgan fingerprint density at radius 3 is 2.49 bits per heavy atom. The van der Waals surface area contributed by atoms with Gasteiger partial charge in [-0.25, -0.2) is 0 Å². The molecule has 7 heteroatoms. The highest BCUT2D eigenvalue weighted by Gasteiger charge is 2.46. The number of ether oxygens (including phenoxy) is 1. The Hall–Kier alpha value is -4.13. The lowest BCUT2D eigenvalue weighted by Crippen LogP contribution is -2.29. The van der Waals surface area contributed by atoms with Crippen molar-refractivity contribution in [1.82, 2.24) is 9.88 Å². The van der Waals surface area contributed by atoms with E-state index in [1.807, 2.05) is 13.0 Å². The highest BCUT2D eigenvalue weighted by molar-refractivity contribution is 6.46. The number of Topliss-reactive ketones (excluding diaryl/α,β-unsaturated/α-hetero) is 1. The SMILES string of the molecule is Cc1cc(OCC(C)C)ccc1/C(O)=C1\C(=O)C(=O)N(Cc2cccnc2)[C@@H]1c1ccc(O)cc1. The third-order valence-electron chi connectivity index (χ3n) is 5.86. The second-order valence-electron chi connectivity index (χ2n) is 9.06. The average Bonchev–Trinajstić information content (AvgIpc) is 3.08. The summed E-state index contributed by atoms with van der Waals surface area (Å²) in [4.78, 5) is 31.9. The van der Waals surface area contributed by atoms with Crippen LogP contribution in [0.5, 0.6) is 11.5 Å². The van der Waals surface area contributed by atoms with Crippen LogP contribution in [0.1, 0.15) is 42.1 Å². The number of rotatable bonds is 7. The maximum absolute atomic E-state index is 13.2. The average molecular weight is 473 g/mol. The lowest BCUT2D eigenvalue weighted by molar-refractivity contribution is -0.140. The number of aryl methyl sites for hydroxylation is 1. The first kappa shape index (κ1) is 24.0. The van der Waals surface area contributed by atoms with Crippen LogP contribution in [0.25, 0.3) is 5.76 Å². The van der Waals surface area contributed by atoms with E-state index < -0.39 is 17.7 Å². The molecular weight excluding hydrogens is 444 g/mol. The molecule has 4 rings (SSSR count). The number of amides is 1. The zero-order valence-corrected chi connectivity index (χ0v) is 19.9. The van der Waals surface area contributed by atoms with Crippen LogP contribution in [-0.4, -0.2) is 38.4 Å². The molecular formula is C28H28N2O5. The van der Waals surface area contributed by atoms with Gasteiger partial charge in [0, 0.05) is 24.5 Å². The van der Waals surface area contributed by atoms with Crippen LogP contribution in [-0.2, 0) is 16.1 Å². The Morgan fingerprint density at radius 1 is 1.11 bits per heavy atom. The van der Waals surface area contributed by atoms with Gasteiger partial charge < -0.3 is 19.8 Å². The zero-order valence-electron chi connectivity index (χ0n) is 19.9. The fraction of sp³-hybridized carbons (Fsp3) is 0.250. The minimum Gasteiger partial charge on any atom is -0.508 e. The van der Waals surface area contributed by atoms with Crippen molar-refractivity contribution in [2.45, 2.75) is 33.4 Å². The molecule has 180 valence electrons. The largest absolute Gasteiger partial charge is 0.508 e. The fourth-order valence-electron chi connectivity index (χ4n) is 4.13. The number of phenolic OH excluding ortho intramolecular Hbond substituents is 1. The number of carbonyl (C=O) groups is 2. The number of ketones is 1. The molecule has 0 radical (unpaired) electrons. The van der Waals surface area contributed by atoms with E-state index in [0.29, 0.717) is 35.0 Å². The maximum atomic E-state index is 13.2. The number of likely N-dealkylation sites (tertiary alicyclic amines) is 1. The van der Waals surface area contributed by atoms with Gasteiger partial charge in [-0.05, 0) is 65.9 Å². The quantitative estimate of drug-likeness (QED) is 0.292. The van der Waals surface area contributed by atoms with Gasteiger partial charge in [0.15, 0.2) is 0 Å². The lowest BCUT2D eigenvalue weighted by atomic mass is 9.93. The molecule has 1 saturated heterocycles. The zero-order chi connectivity index (χ0) is 25.1. The summed E-state index contributed by atoms with van der Waals surface area (Å²) >= 11 is 0. The van der Waals surface area contributed by atoms with Gasteiger partial charge in [-0.3, -0.25) is 14.6 Å². The monoisotopic (exact) mass is 472 g/mol. The Balaban J connectivity index is 1.79. The van der Waals surface area contributed by atoms with Gasteiger partial charge in [-0.15, -0.1) is 0 Å². The molecule has 0 bridgehead atoms. The highest BCUT2D eigenvalue weighted by Crippen LogP contribution is 2.41. The van der Waals surface area contributed by atoms with Gasteiger partial charge in [-0.1, -0.05) is 32.0 Å². The first-order valence-electron chi connectivity index (χ1n) is 11.5. The number of hydrogen-bond donors (Lipinski definition) is 2. The number of pyridine rings is 1. The van der Waals surface area contributed by atoms with E-state index in [4.69, 9.17) is 4.74 Å². The predicted molar refractivity (Wildman–Crippen MR) is 132 cm³/mol. The van der Waals surface area contributed by atoms with Crippen molar-refractivity contribution in [3.8, 4) is 11.5 Å². The summed E-state index contributed by atoms with van der Waals surface area (Å²) in [7, 11) is 0. The Bertz CT molecular complexity index is 1270. The molecule has 3 aromatic rings. The standard InChI is InChI=1S/C28H28N2O5/c1-17(2)16-35-22-10-11-23(18(3)13-22)26(32)24-25(20-6-8-21(31)9-7-20)30(28(34)27(24)33)15-19-5-4-12-29-14-19/h4-14,17,25,31-32H,15-16H2,1-3H3/b26-24+/t25-/m1/s1. The third kappa shape index (κ3) is 5.04. The number of phenols is 1. The normalized spacial score (nSPS) is 17.3. The van der Waals surface area contributed by atoms with Gasteiger partial charge >= 0.3 is 0 Å². The van der Waals surface area contributed by atoms with Crippen LogP contribution >= 0.6 is 0 Å². The van der Waals surface area contributed by atoms with E-state index in [1.165, 1.54) is 17.0 Å². The predicted octanol–water partition coefficient (Wildman–Crippen LogP) is 4.75. The highest BCUT2D eigenvalue weighted by atomic mass is 16.5. The molecule has 2 N–H and O–H groups in total. The molecule has 7 nitrogen and oxygen atoms in total. The summed E-state index contributed by atoms with van der Waals surface area (Å²) in [5, 5.41) is 21.1. The number of aromatic hydroxyl groups is 1. The first-order chi connectivity index (χ1) is 16.8. The molecule has 0 unspecified atom stereocenters. The summed E-state index contributed by atoms with van der Waals surface area (Å²) in [6.45, 7) is 6.63. The first-order valence-corrected chi connectivity index (χ1v) is 11.5. The van der Waals surface area contributed by atoms with Gasteiger partial charge in [0.1, 0.15) is 17.3 Å². The summed E-state index contributed by atoms with van der Waals surface area (Å²) in [6, 6.07) is 14.3. The van der Waals surface area contributed by atoms with Gasteiger partial charge in [0.25, 0.3) is 11.7 Å². The molecule has 2 aromatic carbocycles. The molecule has 0 spiro atoms. The molecule has 1 aliphatic rings. The number of aliphatic hydroxyl groups is 1. The maximum Gasteiger partial charge on any atom is 0.295 e. The third-order valence-corrected chi connectivity index (χ3v) is 5.86. The van der Waals surface area contributed by atoms with Crippen molar-refractivity contribution in [1.29, 1.82) is 0 Å². The summed E-state index contributed by atoms with van der Waals surface area (Å²) in [6.07, 6.45) is 3.26. The minimum atomic E-state index is -0.827. The van der Waals surface area contributed by atoms with Crippen molar-refractivity contribution in [3.63, 3.8) is 0 Å². The number of hydrogen-bond acceptors (Lipinski definition) is 6. The van der Waals surface area contributed by atoms with E-state index in [1.54, 1.807) is 48.8 Å². The molecule has 1 aromatic heterocycles. The van der Waals surface area contributed by atoms with Crippen LogP contribution in [0.2, 0.25) is 0 Å². The second kappa shape index (κ2) is 10.0. The summed E-state index contributed by atoms with van der Waals surface area (Å²) < 4.78 is 5.78. The Morgan fingerprint density at radius 2 is 1.86 bits per heavy atom. The number of nitrogens with zero attached hydrogens (tertiary/aromatic N) is 2. The van der Waals surface area contributed by atoms with Crippen LogP contribution in [0.4, 0.5) is 0 Å². The topological polar surface area (TPSA) is 100.0 Å². The molecule has 0 saturated carbocycles. The van der Waals surface area contributed by atoms with Crippen LogP contribution in [0.3, 0.4) is 0 Å². The van der Waals surface area contributed by atoms with E-state index in [-0.39, 0.29) is 23.6 Å². The number of benzene rings is 2. The van der Waals surface area contributed by atoms with E-state index in [2.05, 4.69) is 18.8 Å². The number of carbonyl (C=O) groups excluding carboxylic acids is 2. The molecule has 0 aliphatic carbocycles. The van der Waals surface area contributed by atoms with Crippen molar-refractivity contribution in [2.24, 2.45) is 5.92 Å². The van der Waals surface area contributed by atoms with Crippen molar-refractivity contribution in [3.05, 3.63) is 94.8 Å². The molecule has 1 fully saturated rings. The molecule has 2 heterocycles. The Kier molecular flexibility index (Phi) is 6.87. The minimum absolute atomic E-state index is 0.00327. The molecule has 1 amide bonds. The van der Waals surface area contributed by atoms with Gasteiger partial charge in [0.05, 0.1) is 18.2 Å². The molecule has 1 aliphatic heterocycles. The lowest BCUT2D eigenvalue weighted by Gasteiger charge is -2.25. The van der Waals surface area contributed by atoms with Crippen molar-refractivity contribution >= 4 is 17.4 Å². The van der Waals surface area contributed by atoms with E-state index in [0.717, 1.165) is 5.56 Å². The fourth-order valence-corrected chi connectivity index (χ4v) is 4.13. The number of aliphatic hydroxyl groups excluding tert-OH is 1. The van der Waals surface area contributed by atoms with Gasteiger partial charge in [-0.2, -0.15) is 0 Å². The smallest absolute Gasteiger partial charge is 0.295 e. The Labute approximate surface area is 204 Å². The van der Waals surface area contributed by atoms with E-state index >= 15 is 0 Å². The molecule has 1 atom stereocenters. The molecule has 35 heavy (non-hydrogen) atoms. The summed E-state index contributed by atoms with van der Waals surface area (Å²) in [5.74, 6) is -0.620. The van der Waals surface area contributed by atoms with Crippen LogP contribution in [0.15, 0.2) is 72.6 Å². The van der Waals surface area contributed by atoms with Crippen molar-refractivity contribution < 1.29 is 24.5 Å². The summed E-state index contributed by atoms with van der Waals surface area (Å²) in [5.41, 5.74) is 2.52. The van der Waals surface area contributed by atoms with Gasteiger partial charge in [0.2, 0.25) is 0 Å². The van der Waals surface area contributed by atoms with Crippen LogP contribution in [0, 0.1) is 12.8 Å². The van der Waals surface area contributed by atoms with Crippen LogP contribution < -0.4 is 4.74 Å². The second-order valence-corrected chi connectivity index (χ2v) is 9.06.